The van der Waals surface area contributed by atoms with Crippen LogP contribution < -0.4 is 10.6 Å². The van der Waals surface area contributed by atoms with Gasteiger partial charge in [0.25, 0.3) is 5.91 Å². The van der Waals surface area contributed by atoms with Crippen LogP contribution in [-0.2, 0) is 9.84 Å². The van der Waals surface area contributed by atoms with Crippen LogP contribution in [0.15, 0.2) is 84.9 Å². The minimum absolute atomic E-state index is 0.0312. The molecule has 2 aromatic heterocycles. The molecule has 1 unspecified atom stereocenters. The van der Waals surface area contributed by atoms with Gasteiger partial charge in [0, 0.05) is 22.6 Å². The summed E-state index contributed by atoms with van der Waals surface area (Å²) in [6.45, 7) is 1.78. The molecule has 6 rings (SSSR count). The summed E-state index contributed by atoms with van der Waals surface area (Å²) in [5.41, 5.74) is 4.86. The normalized spacial score (nSPS) is 16.2. The molecule has 1 fully saturated rings. The van der Waals surface area contributed by atoms with Gasteiger partial charge in [-0.05, 0) is 80.1 Å². The summed E-state index contributed by atoms with van der Waals surface area (Å²) in [6.07, 6.45) is 0.423. The average Bonchev–Trinajstić information content (AvgIpc) is 3.48. The number of nitrogens with zero attached hydrogens (tertiary/aromatic N) is 3. The molecule has 40 heavy (non-hydrogen) atoms. The van der Waals surface area contributed by atoms with Gasteiger partial charge in [-0.15, -0.1) is 0 Å². The van der Waals surface area contributed by atoms with E-state index in [1.54, 1.807) is 29.8 Å². The van der Waals surface area contributed by atoms with E-state index in [2.05, 4.69) is 15.7 Å². The predicted molar refractivity (Wildman–Crippen MR) is 154 cm³/mol. The molecule has 10 heteroatoms. The van der Waals surface area contributed by atoms with Gasteiger partial charge in [0.15, 0.2) is 15.5 Å². The fraction of sp³-hybridized carbons (Fsp3) is 0.167. The summed E-state index contributed by atoms with van der Waals surface area (Å²) in [5, 5.41) is 11.5. The summed E-state index contributed by atoms with van der Waals surface area (Å²) < 4.78 is 39.7. The lowest BCUT2D eigenvalue weighted by Gasteiger charge is -2.13. The van der Waals surface area contributed by atoms with Crippen molar-refractivity contribution >= 4 is 43.8 Å². The van der Waals surface area contributed by atoms with Crippen molar-refractivity contribution in [2.24, 2.45) is 0 Å². The Morgan fingerprint density at radius 2 is 1.62 bits per heavy atom. The average molecular weight is 556 g/mol. The Morgan fingerprint density at radius 1 is 0.950 bits per heavy atom. The van der Waals surface area contributed by atoms with Gasteiger partial charge in [-0.1, -0.05) is 18.2 Å². The van der Waals surface area contributed by atoms with Crippen molar-refractivity contribution in [1.29, 1.82) is 0 Å². The number of carbonyl (C=O) groups excluding carboxylic acids is 1. The fourth-order valence-corrected chi connectivity index (χ4v) is 6.70. The molecule has 1 aliphatic rings. The molecule has 1 aliphatic heterocycles. The number of fused-ring (bicyclic) bond motifs is 1. The first kappa shape index (κ1) is 25.7. The van der Waals surface area contributed by atoms with Gasteiger partial charge in [0.05, 0.1) is 39.9 Å². The van der Waals surface area contributed by atoms with E-state index in [4.69, 9.17) is 4.98 Å². The molecular weight excluding hydrogens is 529 g/mol. The van der Waals surface area contributed by atoms with Crippen molar-refractivity contribution in [2.75, 3.05) is 22.1 Å². The third kappa shape index (κ3) is 5.17. The zero-order valence-corrected chi connectivity index (χ0v) is 22.5. The highest BCUT2D eigenvalue weighted by molar-refractivity contribution is 7.91. The third-order valence-corrected chi connectivity index (χ3v) is 8.73. The number of nitrogens with one attached hydrogen (secondary N) is 2. The van der Waals surface area contributed by atoms with Crippen LogP contribution in [-0.4, -0.2) is 40.6 Å². The molecule has 0 saturated carbocycles. The molecule has 3 aromatic carbocycles. The van der Waals surface area contributed by atoms with Gasteiger partial charge in [-0.3, -0.25) is 4.79 Å². The first-order valence-electron chi connectivity index (χ1n) is 12.9. The molecule has 202 valence electrons. The molecule has 3 heterocycles. The summed E-state index contributed by atoms with van der Waals surface area (Å²) in [4.78, 5) is 18.5. The molecule has 2 N–H and O–H groups in total. The number of hydrogen-bond acceptors (Lipinski definition) is 6. The number of sulfone groups is 1. The van der Waals surface area contributed by atoms with Crippen molar-refractivity contribution in [3.63, 3.8) is 0 Å². The van der Waals surface area contributed by atoms with Crippen LogP contribution in [0.1, 0.15) is 28.5 Å². The van der Waals surface area contributed by atoms with E-state index in [1.165, 1.54) is 12.1 Å². The topological polar surface area (TPSA) is 106 Å². The van der Waals surface area contributed by atoms with Crippen molar-refractivity contribution in [2.45, 2.75) is 19.4 Å². The van der Waals surface area contributed by atoms with E-state index in [-0.39, 0.29) is 29.3 Å². The SMILES string of the molecule is Cc1nn(C2CCS(=O)(=O)C2)c2nc(-c3ccc(F)cc3)cc(C(=O)Nc3ccc(Nc4ccccc4)cc3)c12. The van der Waals surface area contributed by atoms with Crippen LogP contribution >= 0.6 is 0 Å². The maximum Gasteiger partial charge on any atom is 0.256 e. The van der Waals surface area contributed by atoms with Crippen LogP contribution in [0.3, 0.4) is 0 Å². The summed E-state index contributed by atoms with van der Waals surface area (Å²) >= 11 is 0. The highest BCUT2D eigenvalue weighted by Crippen LogP contribution is 2.32. The largest absolute Gasteiger partial charge is 0.356 e. The third-order valence-electron chi connectivity index (χ3n) is 6.98. The number of aromatic nitrogens is 3. The van der Waals surface area contributed by atoms with E-state index >= 15 is 0 Å². The fourth-order valence-electron chi connectivity index (χ4n) is 5.01. The Bertz CT molecular complexity index is 1820. The first-order valence-corrected chi connectivity index (χ1v) is 14.7. The van der Waals surface area contributed by atoms with E-state index in [0.29, 0.717) is 45.7 Å². The minimum atomic E-state index is -3.18. The Hall–Kier alpha value is -4.57. The van der Waals surface area contributed by atoms with Gasteiger partial charge >= 0.3 is 0 Å². The molecule has 0 radical (unpaired) electrons. The maximum atomic E-state index is 13.7. The summed E-state index contributed by atoms with van der Waals surface area (Å²) in [7, 11) is -3.18. The van der Waals surface area contributed by atoms with E-state index in [9.17, 15) is 17.6 Å². The molecule has 1 saturated heterocycles. The molecular formula is C30H26FN5O3S. The number of benzene rings is 3. The number of aryl methyl sites for hydroxylation is 1. The van der Waals surface area contributed by atoms with Gasteiger partial charge in [0.2, 0.25) is 0 Å². The lowest BCUT2D eigenvalue weighted by molar-refractivity contribution is 0.102. The number of rotatable bonds is 6. The second-order valence-electron chi connectivity index (χ2n) is 9.87. The first-order chi connectivity index (χ1) is 19.3. The van der Waals surface area contributed by atoms with Gasteiger partial charge < -0.3 is 10.6 Å². The number of amides is 1. The predicted octanol–water partition coefficient (Wildman–Crippen LogP) is 5.90. The highest BCUT2D eigenvalue weighted by Gasteiger charge is 2.32. The number of halogens is 1. The van der Waals surface area contributed by atoms with Crippen molar-refractivity contribution in [1.82, 2.24) is 14.8 Å². The Labute approximate surface area is 230 Å². The molecule has 5 aromatic rings. The standard InChI is InChI=1S/C30H26FN5O3S/c1-19-28-26(30(37)33-24-13-11-23(12-14-24)32-22-5-3-2-4-6-22)17-27(20-7-9-21(31)10-8-20)34-29(28)36(35-19)25-15-16-40(38,39)18-25/h2-14,17,25,32H,15-16,18H2,1H3,(H,33,37). The summed E-state index contributed by atoms with van der Waals surface area (Å²) in [5.74, 6) is -0.694. The van der Waals surface area contributed by atoms with Crippen molar-refractivity contribution in [3.8, 4) is 11.3 Å². The minimum Gasteiger partial charge on any atom is -0.356 e. The Morgan fingerprint density at radius 3 is 2.30 bits per heavy atom. The molecule has 0 aliphatic carbocycles. The molecule has 0 spiro atoms. The van der Waals surface area contributed by atoms with Gasteiger partial charge in [0.1, 0.15) is 5.82 Å². The number of carbonyl (C=O) groups is 1. The molecule has 1 atom stereocenters. The zero-order valence-electron chi connectivity index (χ0n) is 21.6. The van der Waals surface area contributed by atoms with Crippen LogP contribution in [0.2, 0.25) is 0 Å². The number of anilines is 3. The van der Waals surface area contributed by atoms with Crippen LogP contribution in [0.25, 0.3) is 22.3 Å². The lowest BCUT2D eigenvalue weighted by Crippen LogP contribution is -2.15. The number of pyridine rings is 1. The monoisotopic (exact) mass is 555 g/mol. The second-order valence-corrected chi connectivity index (χ2v) is 12.1. The van der Waals surface area contributed by atoms with Crippen molar-refractivity contribution in [3.05, 3.63) is 102 Å². The summed E-state index contributed by atoms with van der Waals surface area (Å²) in [6, 6.07) is 24.3. The Balaban J connectivity index is 1.37. The van der Waals surface area contributed by atoms with Crippen molar-refractivity contribution < 1.29 is 17.6 Å². The van der Waals surface area contributed by atoms with Crippen LogP contribution in [0.5, 0.6) is 0 Å². The smallest absolute Gasteiger partial charge is 0.256 e. The molecule has 0 bridgehead atoms. The molecule has 8 nitrogen and oxygen atoms in total. The van der Waals surface area contributed by atoms with Crippen LogP contribution in [0, 0.1) is 12.7 Å². The lowest BCUT2D eigenvalue weighted by atomic mass is 10.0. The van der Waals surface area contributed by atoms with Gasteiger partial charge in [-0.25, -0.2) is 22.5 Å². The second kappa shape index (κ2) is 10.2. The molecule has 1 amide bonds. The number of para-hydroxylation sites is 1. The van der Waals surface area contributed by atoms with Gasteiger partial charge in [-0.2, -0.15) is 5.10 Å². The van der Waals surface area contributed by atoms with E-state index in [1.807, 2.05) is 54.6 Å². The zero-order chi connectivity index (χ0) is 27.9. The Kier molecular flexibility index (Phi) is 6.55. The highest BCUT2D eigenvalue weighted by atomic mass is 32.2. The number of hydrogen-bond donors (Lipinski definition) is 2. The maximum absolute atomic E-state index is 13.7. The van der Waals surface area contributed by atoms with Crippen LogP contribution in [0.4, 0.5) is 21.5 Å². The van der Waals surface area contributed by atoms with E-state index < -0.39 is 9.84 Å². The quantitative estimate of drug-likeness (QED) is 0.270. The van der Waals surface area contributed by atoms with E-state index in [0.717, 1.165) is 11.4 Å².